The van der Waals surface area contributed by atoms with Crippen molar-refractivity contribution in [1.29, 1.82) is 0 Å². The average molecular weight is 321 g/mol. The third-order valence-electron chi connectivity index (χ3n) is 2.66. The van der Waals surface area contributed by atoms with Crippen molar-refractivity contribution in [3.63, 3.8) is 0 Å². The van der Waals surface area contributed by atoms with E-state index in [1.54, 1.807) is 7.11 Å². The van der Waals surface area contributed by atoms with Gasteiger partial charge in [-0.2, -0.15) is 0 Å². The maximum absolute atomic E-state index is 5.99. The molecular formula is C13H19BrClNO. The Morgan fingerprint density at radius 3 is 2.65 bits per heavy atom. The van der Waals surface area contributed by atoms with Crippen LogP contribution in [0, 0.1) is 0 Å². The van der Waals surface area contributed by atoms with Gasteiger partial charge in [0.05, 0.1) is 6.61 Å². The molecule has 96 valence electrons. The van der Waals surface area contributed by atoms with Crippen molar-refractivity contribution in [1.82, 2.24) is 0 Å². The Kier molecular flexibility index (Phi) is 6.31. The molecule has 17 heavy (non-hydrogen) atoms. The molecule has 0 amide bonds. The van der Waals surface area contributed by atoms with E-state index in [0.717, 1.165) is 16.6 Å². The fourth-order valence-corrected chi connectivity index (χ4v) is 2.34. The van der Waals surface area contributed by atoms with Crippen LogP contribution in [0.4, 0.5) is 5.69 Å². The summed E-state index contributed by atoms with van der Waals surface area (Å²) in [5.41, 5.74) is 2.33. The van der Waals surface area contributed by atoms with E-state index >= 15 is 0 Å². The third kappa shape index (κ3) is 4.16. The van der Waals surface area contributed by atoms with E-state index in [-0.39, 0.29) is 0 Å². The topological polar surface area (TPSA) is 12.5 Å². The smallest absolute Gasteiger partial charge is 0.0637 e. The van der Waals surface area contributed by atoms with E-state index < -0.39 is 0 Å². The third-order valence-corrected chi connectivity index (χ3v) is 3.44. The van der Waals surface area contributed by atoms with Gasteiger partial charge in [-0.3, -0.25) is 0 Å². The number of benzene rings is 1. The molecule has 0 spiro atoms. The van der Waals surface area contributed by atoms with Crippen LogP contribution in [0.5, 0.6) is 0 Å². The number of anilines is 1. The second-order valence-electron chi connectivity index (χ2n) is 4.19. The summed E-state index contributed by atoms with van der Waals surface area (Å²) in [5, 5.41) is 0. The second kappa shape index (κ2) is 7.24. The molecular weight excluding hydrogens is 302 g/mol. The van der Waals surface area contributed by atoms with E-state index in [1.807, 2.05) is 6.07 Å². The van der Waals surface area contributed by atoms with Crippen molar-refractivity contribution in [3.8, 4) is 0 Å². The zero-order valence-electron chi connectivity index (χ0n) is 10.5. The van der Waals surface area contributed by atoms with E-state index in [4.69, 9.17) is 16.3 Å². The minimum absolute atomic E-state index is 0.418. The number of ether oxygens (including phenoxy) is 1. The van der Waals surface area contributed by atoms with Gasteiger partial charge in [0.25, 0.3) is 0 Å². The number of rotatable bonds is 6. The van der Waals surface area contributed by atoms with Crippen LogP contribution in [0.25, 0.3) is 0 Å². The first kappa shape index (κ1) is 14.8. The molecule has 0 N–H and O–H groups in total. The molecule has 0 radical (unpaired) electrons. The maximum Gasteiger partial charge on any atom is 0.0637 e. The predicted molar refractivity (Wildman–Crippen MR) is 78.1 cm³/mol. The molecule has 2 nitrogen and oxygen atoms in total. The normalized spacial score (nSPS) is 10.9. The van der Waals surface area contributed by atoms with Gasteiger partial charge in [0.1, 0.15) is 0 Å². The summed E-state index contributed by atoms with van der Waals surface area (Å²) < 4.78 is 6.23. The van der Waals surface area contributed by atoms with Gasteiger partial charge >= 0.3 is 0 Å². The van der Waals surface area contributed by atoms with Gasteiger partial charge in [0, 0.05) is 35.7 Å². The Bertz CT molecular complexity index is 357. The lowest BCUT2D eigenvalue weighted by atomic mass is 10.1. The van der Waals surface area contributed by atoms with Crippen LogP contribution in [0.3, 0.4) is 0 Å². The molecule has 0 bridgehead atoms. The highest BCUT2D eigenvalue weighted by Crippen LogP contribution is 2.27. The van der Waals surface area contributed by atoms with E-state index in [1.165, 1.54) is 5.69 Å². The highest BCUT2D eigenvalue weighted by atomic mass is 79.9. The molecule has 0 atom stereocenters. The number of hydrogen-bond donors (Lipinski definition) is 0. The molecule has 0 aliphatic heterocycles. The van der Waals surface area contributed by atoms with Gasteiger partial charge in [0.2, 0.25) is 0 Å². The van der Waals surface area contributed by atoms with Crippen LogP contribution in [0.2, 0.25) is 0 Å². The molecule has 0 unspecified atom stereocenters. The summed E-state index contributed by atoms with van der Waals surface area (Å²) >= 11 is 9.50. The van der Waals surface area contributed by atoms with Crippen LogP contribution in [-0.2, 0) is 10.6 Å². The number of nitrogens with zero attached hydrogens (tertiary/aromatic N) is 1. The number of hydrogen-bond acceptors (Lipinski definition) is 2. The van der Waals surface area contributed by atoms with Crippen molar-refractivity contribution in [3.05, 3.63) is 28.2 Å². The molecule has 0 saturated carbocycles. The van der Waals surface area contributed by atoms with Crippen LogP contribution in [0.1, 0.15) is 19.4 Å². The summed E-state index contributed by atoms with van der Waals surface area (Å²) in [5.74, 6) is 0.527. The van der Waals surface area contributed by atoms with Crippen molar-refractivity contribution in [2.75, 3.05) is 25.2 Å². The fraction of sp³-hybridized carbons (Fsp3) is 0.538. The molecule has 0 aliphatic rings. The molecule has 0 heterocycles. The summed E-state index contributed by atoms with van der Waals surface area (Å²) in [6.45, 7) is 5.93. The highest BCUT2D eigenvalue weighted by molar-refractivity contribution is 9.10. The largest absolute Gasteiger partial charge is 0.383 e. The summed E-state index contributed by atoms with van der Waals surface area (Å²) in [4.78, 5) is 2.31. The van der Waals surface area contributed by atoms with Crippen molar-refractivity contribution < 1.29 is 4.74 Å². The molecule has 0 fully saturated rings. The quantitative estimate of drug-likeness (QED) is 0.733. The average Bonchev–Trinajstić information content (AvgIpc) is 2.29. The first-order chi connectivity index (χ1) is 8.10. The van der Waals surface area contributed by atoms with Gasteiger partial charge < -0.3 is 9.64 Å². The molecule has 1 rings (SSSR count). The minimum atomic E-state index is 0.418. The molecule has 0 saturated heterocycles. The Morgan fingerprint density at radius 1 is 1.41 bits per heavy atom. The monoisotopic (exact) mass is 319 g/mol. The Labute approximate surface area is 117 Å². The first-order valence-electron chi connectivity index (χ1n) is 5.70. The summed E-state index contributed by atoms with van der Waals surface area (Å²) in [6, 6.07) is 6.62. The van der Waals surface area contributed by atoms with E-state index in [9.17, 15) is 0 Å². The summed E-state index contributed by atoms with van der Waals surface area (Å²) in [7, 11) is 1.72. The zero-order chi connectivity index (χ0) is 12.8. The summed E-state index contributed by atoms with van der Waals surface area (Å²) in [6.07, 6.45) is 0. The number of halogens is 2. The Hall–Kier alpha value is -0.250. The van der Waals surface area contributed by atoms with E-state index in [2.05, 4.69) is 46.8 Å². The fourth-order valence-electron chi connectivity index (χ4n) is 1.76. The second-order valence-corrected chi connectivity index (χ2v) is 5.37. The molecule has 0 aliphatic carbocycles. The van der Waals surface area contributed by atoms with Crippen molar-refractivity contribution in [2.24, 2.45) is 0 Å². The lowest BCUT2D eigenvalue weighted by Crippen LogP contribution is -2.34. The van der Waals surface area contributed by atoms with E-state index in [0.29, 0.717) is 18.5 Å². The van der Waals surface area contributed by atoms with Crippen LogP contribution < -0.4 is 4.90 Å². The zero-order valence-corrected chi connectivity index (χ0v) is 12.9. The van der Waals surface area contributed by atoms with Crippen LogP contribution >= 0.6 is 27.5 Å². The van der Waals surface area contributed by atoms with Gasteiger partial charge in [-0.25, -0.2) is 0 Å². The molecule has 4 heteroatoms. The minimum Gasteiger partial charge on any atom is -0.383 e. The lowest BCUT2D eigenvalue weighted by molar-refractivity contribution is 0.204. The van der Waals surface area contributed by atoms with Crippen molar-refractivity contribution in [2.45, 2.75) is 25.8 Å². The maximum atomic E-state index is 5.99. The van der Waals surface area contributed by atoms with Gasteiger partial charge in [0.15, 0.2) is 0 Å². The number of alkyl halides is 1. The number of methoxy groups -OCH3 is 1. The molecule has 0 aromatic heterocycles. The highest BCUT2D eigenvalue weighted by Gasteiger charge is 2.14. The Morgan fingerprint density at radius 2 is 2.12 bits per heavy atom. The SMILES string of the molecule is COCCN(c1cc(Br)ccc1CCl)C(C)C. The standard InChI is InChI=1S/C13H19BrClNO/c1-10(2)16(6-7-17-3)13-8-12(14)5-4-11(13)9-15/h4-5,8,10H,6-7,9H2,1-3H3. The molecule has 1 aromatic rings. The molecule has 1 aromatic carbocycles. The van der Waals surface area contributed by atoms with Crippen LogP contribution in [0.15, 0.2) is 22.7 Å². The first-order valence-corrected chi connectivity index (χ1v) is 7.03. The Balaban J connectivity index is 3.02. The van der Waals surface area contributed by atoms with Gasteiger partial charge in [-0.1, -0.05) is 22.0 Å². The van der Waals surface area contributed by atoms with Crippen LogP contribution in [-0.4, -0.2) is 26.3 Å². The van der Waals surface area contributed by atoms with Gasteiger partial charge in [-0.05, 0) is 31.5 Å². The predicted octanol–water partition coefficient (Wildman–Crippen LogP) is 4.05. The van der Waals surface area contributed by atoms with Crippen molar-refractivity contribution >= 4 is 33.2 Å². The lowest BCUT2D eigenvalue weighted by Gasteiger charge is -2.30. The van der Waals surface area contributed by atoms with Gasteiger partial charge in [-0.15, -0.1) is 11.6 Å².